The summed E-state index contributed by atoms with van der Waals surface area (Å²) in [6.07, 6.45) is -0.854. The molecule has 0 aliphatic heterocycles. The van der Waals surface area contributed by atoms with Gasteiger partial charge in [0.05, 0.1) is 11.6 Å². The molecule has 2 nitrogen and oxygen atoms in total. The molecular weight excluding hydrogens is 311 g/mol. The maximum Gasteiger partial charge on any atom is 0.141 e. The Morgan fingerprint density at radius 3 is 2.53 bits per heavy atom. The van der Waals surface area contributed by atoms with Crippen molar-refractivity contribution in [3.8, 4) is 5.75 Å². The SMILES string of the molecule is COc1cc(F)c(Br)cc1C(O)c1ccccc1C. The molecule has 0 bridgehead atoms. The molecule has 0 fully saturated rings. The van der Waals surface area contributed by atoms with E-state index in [9.17, 15) is 9.50 Å². The van der Waals surface area contributed by atoms with Gasteiger partial charge in [-0.2, -0.15) is 0 Å². The maximum atomic E-state index is 13.5. The van der Waals surface area contributed by atoms with Gasteiger partial charge < -0.3 is 9.84 Å². The summed E-state index contributed by atoms with van der Waals surface area (Å²) in [5.41, 5.74) is 2.28. The van der Waals surface area contributed by atoms with Crippen LogP contribution in [0.4, 0.5) is 4.39 Å². The van der Waals surface area contributed by atoms with Crippen molar-refractivity contribution < 1.29 is 14.2 Å². The highest BCUT2D eigenvalue weighted by Gasteiger charge is 2.19. The van der Waals surface area contributed by atoms with Gasteiger partial charge in [0.15, 0.2) is 0 Å². The van der Waals surface area contributed by atoms with E-state index in [2.05, 4.69) is 15.9 Å². The Morgan fingerprint density at radius 1 is 1.21 bits per heavy atom. The van der Waals surface area contributed by atoms with Gasteiger partial charge in [-0.1, -0.05) is 24.3 Å². The number of ether oxygens (including phenoxy) is 1. The van der Waals surface area contributed by atoms with Crippen molar-refractivity contribution >= 4 is 15.9 Å². The topological polar surface area (TPSA) is 29.5 Å². The fourth-order valence-corrected chi connectivity index (χ4v) is 2.36. The van der Waals surface area contributed by atoms with E-state index >= 15 is 0 Å². The van der Waals surface area contributed by atoms with Gasteiger partial charge in [0.1, 0.15) is 17.7 Å². The fraction of sp³-hybridized carbons (Fsp3) is 0.200. The number of aliphatic hydroxyl groups is 1. The van der Waals surface area contributed by atoms with Crippen LogP contribution in [0.15, 0.2) is 40.9 Å². The van der Waals surface area contributed by atoms with Crippen LogP contribution >= 0.6 is 15.9 Å². The smallest absolute Gasteiger partial charge is 0.141 e. The van der Waals surface area contributed by atoms with Crippen LogP contribution in [0.1, 0.15) is 22.8 Å². The van der Waals surface area contributed by atoms with Crippen LogP contribution in [0.3, 0.4) is 0 Å². The molecular formula is C15H14BrFO2. The van der Waals surface area contributed by atoms with Gasteiger partial charge in [0.2, 0.25) is 0 Å². The van der Waals surface area contributed by atoms with Gasteiger partial charge in [-0.25, -0.2) is 4.39 Å². The summed E-state index contributed by atoms with van der Waals surface area (Å²) in [6.45, 7) is 1.92. The Balaban J connectivity index is 2.52. The van der Waals surface area contributed by atoms with Crippen LogP contribution < -0.4 is 4.74 Å². The third-order valence-electron chi connectivity index (χ3n) is 3.05. The molecule has 0 aliphatic carbocycles. The zero-order valence-corrected chi connectivity index (χ0v) is 12.2. The second-order valence-electron chi connectivity index (χ2n) is 4.27. The first-order valence-corrected chi connectivity index (χ1v) is 6.60. The van der Waals surface area contributed by atoms with Crippen LogP contribution in [0.2, 0.25) is 0 Å². The third-order valence-corrected chi connectivity index (χ3v) is 3.66. The van der Waals surface area contributed by atoms with Gasteiger partial charge in [-0.3, -0.25) is 0 Å². The largest absolute Gasteiger partial charge is 0.496 e. The number of methoxy groups -OCH3 is 1. The van der Waals surface area contributed by atoms with Crippen molar-refractivity contribution in [3.63, 3.8) is 0 Å². The van der Waals surface area contributed by atoms with Gasteiger partial charge in [-0.05, 0) is 40.0 Å². The highest BCUT2D eigenvalue weighted by molar-refractivity contribution is 9.10. The molecule has 0 amide bonds. The average Bonchev–Trinajstić information content (AvgIpc) is 2.41. The standard InChI is InChI=1S/C15H14BrFO2/c1-9-5-3-4-6-10(9)15(18)11-7-12(16)13(17)8-14(11)19-2/h3-8,15,18H,1-2H3. The lowest BCUT2D eigenvalue weighted by molar-refractivity contribution is 0.213. The van der Waals surface area contributed by atoms with Crippen molar-refractivity contribution in [3.05, 3.63) is 63.4 Å². The number of benzene rings is 2. The molecule has 1 N–H and O–H groups in total. The average molecular weight is 325 g/mol. The highest BCUT2D eigenvalue weighted by Crippen LogP contribution is 2.34. The van der Waals surface area contributed by atoms with E-state index in [0.717, 1.165) is 11.1 Å². The Hall–Kier alpha value is -1.39. The van der Waals surface area contributed by atoms with Crippen LogP contribution in [0, 0.1) is 12.7 Å². The second-order valence-corrected chi connectivity index (χ2v) is 5.12. The number of aliphatic hydroxyl groups excluding tert-OH is 1. The Morgan fingerprint density at radius 2 is 1.89 bits per heavy atom. The minimum Gasteiger partial charge on any atom is -0.496 e. The van der Waals surface area contributed by atoms with Crippen molar-refractivity contribution in [2.75, 3.05) is 7.11 Å². The highest BCUT2D eigenvalue weighted by atomic mass is 79.9. The van der Waals surface area contributed by atoms with Gasteiger partial charge >= 0.3 is 0 Å². The van der Waals surface area contributed by atoms with E-state index in [-0.39, 0.29) is 0 Å². The van der Waals surface area contributed by atoms with E-state index in [4.69, 9.17) is 4.74 Å². The zero-order valence-electron chi connectivity index (χ0n) is 10.7. The third kappa shape index (κ3) is 2.80. The molecule has 0 saturated heterocycles. The van der Waals surface area contributed by atoms with E-state index in [1.54, 1.807) is 6.07 Å². The zero-order chi connectivity index (χ0) is 14.0. The molecule has 4 heteroatoms. The molecule has 0 aromatic heterocycles. The van der Waals surface area contributed by atoms with E-state index in [1.165, 1.54) is 13.2 Å². The summed E-state index contributed by atoms with van der Waals surface area (Å²) < 4.78 is 18.9. The lowest BCUT2D eigenvalue weighted by atomic mass is 9.97. The molecule has 2 aromatic rings. The molecule has 0 heterocycles. The Bertz CT molecular complexity index is 599. The summed E-state index contributed by atoms with van der Waals surface area (Å²) in [5, 5.41) is 10.5. The quantitative estimate of drug-likeness (QED) is 0.925. The first-order chi connectivity index (χ1) is 9.04. The number of aryl methyl sites for hydroxylation is 1. The van der Waals surface area contributed by atoms with Gasteiger partial charge in [0.25, 0.3) is 0 Å². The van der Waals surface area contributed by atoms with Crippen molar-refractivity contribution in [1.82, 2.24) is 0 Å². The number of halogens is 2. The van der Waals surface area contributed by atoms with Crippen LogP contribution in [-0.2, 0) is 0 Å². The first-order valence-electron chi connectivity index (χ1n) is 5.81. The molecule has 2 aromatic carbocycles. The number of rotatable bonds is 3. The van der Waals surface area contributed by atoms with Crippen LogP contribution in [0.25, 0.3) is 0 Å². The first kappa shape index (κ1) is 14.0. The van der Waals surface area contributed by atoms with Crippen molar-refractivity contribution in [1.29, 1.82) is 0 Å². The van der Waals surface area contributed by atoms with Crippen LogP contribution in [0.5, 0.6) is 5.75 Å². The lowest BCUT2D eigenvalue weighted by Gasteiger charge is -2.17. The van der Waals surface area contributed by atoms with Crippen LogP contribution in [-0.4, -0.2) is 12.2 Å². The minimum absolute atomic E-state index is 0.302. The summed E-state index contributed by atoms with van der Waals surface area (Å²) in [4.78, 5) is 0. The molecule has 0 radical (unpaired) electrons. The minimum atomic E-state index is -0.854. The summed E-state index contributed by atoms with van der Waals surface area (Å²) in [7, 11) is 1.46. The molecule has 1 atom stereocenters. The van der Waals surface area contributed by atoms with E-state index in [0.29, 0.717) is 15.8 Å². The number of hydrogen-bond acceptors (Lipinski definition) is 2. The molecule has 0 saturated carbocycles. The molecule has 0 spiro atoms. The predicted octanol–water partition coefficient (Wildman–Crippen LogP) is 3.99. The summed E-state index contributed by atoms with van der Waals surface area (Å²) in [5.74, 6) is -0.0889. The van der Waals surface area contributed by atoms with Crippen molar-refractivity contribution in [2.45, 2.75) is 13.0 Å². The summed E-state index contributed by atoms with van der Waals surface area (Å²) in [6, 6.07) is 10.3. The predicted molar refractivity (Wildman–Crippen MR) is 75.9 cm³/mol. The van der Waals surface area contributed by atoms with Crippen molar-refractivity contribution in [2.24, 2.45) is 0 Å². The monoisotopic (exact) mass is 324 g/mol. The Labute approximate surface area is 120 Å². The number of hydrogen-bond donors (Lipinski definition) is 1. The molecule has 2 rings (SSSR count). The summed E-state index contributed by atoms with van der Waals surface area (Å²) >= 11 is 3.13. The normalized spacial score (nSPS) is 12.3. The Kier molecular flexibility index (Phi) is 4.22. The fourth-order valence-electron chi connectivity index (χ4n) is 2.00. The molecule has 0 aliphatic rings. The van der Waals surface area contributed by atoms with Gasteiger partial charge in [0, 0.05) is 11.6 Å². The van der Waals surface area contributed by atoms with Gasteiger partial charge in [-0.15, -0.1) is 0 Å². The lowest BCUT2D eigenvalue weighted by Crippen LogP contribution is -2.05. The molecule has 100 valence electrons. The second kappa shape index (κ2) is 5.72. The van der Waals surface area contributed by atoms with E-state index < -0.39 is 11.9 Å². The van der Waals surface area contributed by atoms with E-state index in [1.807, 2.05) is 31.2 Å². The molecule has 1 unspecified atom stereocenters. The molecule has 19 heavy (non-hydrogen) atoms. The maximum absolute atomic E-state index is 13.5.